The highest BCUT2D eigenvalue weighted by Crippen LogP contribution is 2.03. The summed E-state index contributed by atoms with van der Waals surface area (Å²) in [6, 6.07) is 1.80. The maximum Gasteiger partial charge on any atom is 0.236 e. The Morgan fingerprint density at radius 2 is 1.94 bits per heavy atom. The van der Waals surface area contributed by atoms with E-state index in [1.165, 1.54) is 4.90 Å². The average Bonchev–Trinajstić information content (AvgIpc) is 2.74. The van der Waals surface area contributed by atoms with Gasteiger partial charge < -0.3 is 9.47 Å². The van der Waals surface area contributed by atoms with Gasteiger partial charge in [-0.25, -0.2) is 0 Å². The smallest absolute Gasteiger partial charge is 0.236 e. The largest absolute Gasteiger partial charge is 0.357 e. The number of amides is 1. The summed E-state index contributed by atoms with van der Waals surface area (Å²) in [4.78, 5) is 27.0. The van der Waals surface area contributed by atoms with Crippen LogP contribution in [0, 0.1) is 0 Å². The molecule has 0 fully saturated rings. The van der Waals surface area contributed by atoms with Crippen molar-refractivity contribution in [2.24, 2.45) is 7.05 Å². The fourth-order valence-electron chi connectivity index (χ4n) is 1.57. The molecule has 0 saturated carbocycles. The Morgan fingerprint density at radius 1 is 1.28 bits per heavy atom. The molecule has 1 amide bonds. The molecule has 1 rings (SSSR count). The second-order valence-corrected chi connectivity index (χ2v) is 4.58. The highest BCUT2D eigenvalue weighted by atomic mass is 16.2. The van der Waals surface area contributed by atoms with Crippen molar-refractivity contribution in [2.45, 2.75) is 6.92 Å². The van der Waals surface area contributed by atoms with E-state index in [1.807, 2.05) is 29.6 Å². The summed E-state index contributed by atoms with van der Waals surface area (Å²) in [5.74, 6) is 0.0571. The van der Waals surface area contributed by atoms with E-state index in [0.717, 1.165) is 0 Å². The molecule has 1 heterocycles. The number of nitrogens with zero attached hydrogens (tertiary/aromatic N) is 3. The number of ketones is 1. The molecule has 18 heavy (non-hydrogen) atoms. The zero-order chi connectivity index (χ0) is 13.7. The summed E-state index contributed by atoms with van der Waals surface area (Å²) in [5, 5.41) is 0. The van der Waals surface area contributed by atoms with Crippen LogP contribution in [-0.4, -0.2) is 59.8 Å². The first-order chi connectivity index (χ1) is 8.43. The van der Waals surface area contributed by atoms with Crippen LogP contribution in [0.1, 0.15) is 17.3 Å². The minimum Gasteiger partial charge on any atom is -0.357 e. The minimum atomic E-state index is 0.0118. The van der Waals surface area contributed by atoms with Gasteiger partial charge in [0.25, 0.3) is 0 Å². The van der Waals surface area contributed by atoms with E-state index < -0.39 is 0 Å². The lowest BCUT2D eigenvalue weighted by molar-refractivity contribution is -0.129. The molecule has 0 N–H and O–H groups in total. The van der Waals surface area contributed by atoms with Crippen molar-refractivity contribution in [1.29, 1.82) is 0 Å². The highest BCUT2D eigenvalue weighted by Gasteiger charge is 2.15. The van der Waals surface area contributed by atoms with Crippen LogP contribution in [-0.2, 0) is 11.8 Å². The van der Waals surface area contributed by atoms with Gasteiger partial charge in [0.05, 0.1) is 13.1 Å². The van der Waals surface area contributed by atoms with E-state index in [4.69, 9.17) is 0 Å². The highest BCUT2D eigenvalue weighted by molar-refractivity contribution is 5.97. The fourth-order valence-corrected chi connectivity index (χ4v) is 1.57. The van der Waals surface area contributed by atoms with Crippen molar-refractivity contribution >= 4 is 11.7 Å². The molecule has 1 aromatic heterocycles. The van der Waals surface area contributed by atoms with Gasteiger partial charge in [-0.15, -0.1) is 0 Å². The molecule has 0 saturated heterocycles. The van der Waals surface area contributed by atoms with Gasteiger partial charge in [-0.1, -0.05) is 6.92 Å². The lowest BCUT2D eigenvalue weighted by atomic mass is 10.2. The summed E-state index contributed by atoms with van der Waals surface area (Å²) in [7, 11) is 5.31. The molecule has 0 aromatic carbocycles. The van der Waals surface area contributed by atoms with Gasteiger partial charge in [0, 0.05) is 39.1 Å². The van der Waals surface area contributed by atoms with Crippen molar-refractivity contribution in [3.8, 4) is 0 Å². The van der Waals surface area contributed by atoms with Gasteiger partial charge >= 0.3 is 0 Å². The first-order valence-electron chi connectivity index (χ1n) is 6.01. The number of rotatable bonds is 6. The molecular formula is C13H21N3O2. The van der Waals surface area contributed by atoms with Gasteiger partial charge in [0.1, 0.15) is 0 Å². The van der Waals surface area contributed by atoms with Crippen molar-refractivity contribution in [3.63, 3.8) is 0 Å². The molecule has 0 aliphatic heterocycles. The van der Waals surface area contributed by atoms with E-state index >= 15 is 0 Å². The van der Waals surface area contributed by atoms with Gasteiger partial charge in [-0.3, -0.25) is 14.5 Å². The molecule has 0 unspecified atom stereocenters. The SMILES string of the molecule is CCN(CC(=O)c1ccn(C)c1)CC(=O)N(C)C. The van der Waals surface area contributed by atoms with Crippen LogP contribution >= 0.6 is 0 Å². The predicted octanol–water partition coefficient (Wildman–Crippen LogP) is 0.618. The maximum absolute atomic E-state index is 12.0. The van der Waals surface area contributed by atoms with E-state index in [1.54, 1.807) is 26.4 Å². The van der Waals surface area contributed by atoms with Crippen LogP contribution in [0.4, 0.5) is 0 Å². The third-order valence-corrected chi connectivity index (χ3v) is 2.83. The maximum atomic E-state index is 12.0. The Labute approximate surface area is 108 Å². The number of carbonyl (C=O) groups excluding carboxylic acids is 2. The average molecular weight is 251 g/mol. The van der Waals surface area contributed by atoms with Gasteiger partial charge in [0.2, 0.25) is 5.91 Å². The summed E-state index contributed by atoms with van der Waals surface area (Å²) < 4.78 is 1.84. The monoisotopic (exact) mass is 251 g/mol. The molecule has 0 spiro atoms. The molecule has 0 atom stereocenters. The second kappa shape index (κ2) is 6.35. The molecule has 5 heteroatoms. The van der Waals surface area contributed by atoms with Crippen LogP contribution in [0.2, 0.25) is 0 Å². The first-order valence-corrected chi connectivity index (χ1v) is 6.01. The molecule has 5 nitrogen and oxygen atoms in total. The zero-order valence-electron chi connectivity index (χ0n) is 11.5. The van der Waals surface area contributed by atoms with E-state index in [9.17, 15) is 9.59 Å². The lowest BCUT2D eigenvalue weighted by Gasteiger charge is -2.20. The summed E-state index contributed by atoms with van der Waals surface area (Å²) in [5.41, 5.74) is 0.688. The molecule has 0 radical (unpaired) electrons. The fraction of sp³-hybridized carbons (Fsp3) is 0.538. The van der Waals surface area contributed by atoms with E-state index in [-0.39, 0.29) is 24.8 Å². The Bertz CT molecular complexity index is 424. The third kappa shape index (κ3) is 4.00. The summed E-state index contributed by atoms with van der Waals surface area (Å²) in [6.07, 6.45) is 3.64. The first kappa shape index (κ1) is 14.4. The Hall–Kier alpha value is -1.62. The third-order valence-electron chi connectivity index (χ3n) is 2.83. The van der Waals surface area contributed by atoms with Gasteiger partial charge in [0.15, 0.2) is 5.78 Å². The van der Waals surface area contributed by atoms with Gasteiger partial charge in [-0.05, 0) is 12.6 Å². The number of Topliss-reactive ketones (excluding diaryl/α,β-unsaturated/α-hetero) is 1. The lowest BCUT2D eigenvalue weighted by Crippen LogP contribution is -2.39. The zero-order valence-corrected chi connectivity index (χ0v) is 11.5. The van der Waals surface area contributed by atoms with Crippen molar-refractivity contribution in [3.05, 3.63) is 24.0 Å². The van der Waals surface area contributed by atoms with E-state index in [2.05, 4.69) is 0 Å². The standard InChI is InChI=1S/C13H21N3O2/c1-5-16(10-13(18)14(2)3)9-12(17)11-6-7-15(4)8-11/h6-8H,5,9-10H2,1-4H3. The van der Waals surface area contributed by atoms with Crippen LogP contribution in [0.5, 0.6) is 0 Å². The van der Waals surface area contributed by atoms with Crippen LogP contribution in [0.15, 0.2) is 18.5 Å². The topological polar surface area (TPSA) is 45.6 Å². The summed E-state index contributed by atoms with van der Waals surface area (Å²) in [6.45, 7) is 3.18. The molecule has 0 bridgehead atoms. The van der Waals surface area contributed by atoms with Crippen molar-refractivity contribution in [1.82, 2.24) is 14.4 Å². The van der Waals surface area contributed by atoms with Gasteiger partial charge in [-0.2, -0.15) is 0 Å². The second-order valence-electron chi connectivity index (χ2n) is 4.58. The number of hydrogen-bond donors (Lipinski definition) is 0. The molecule has 1 aromatic rings. The van der Waals surface area contributed by atoms with Crippen LogP contribution in [0.3, 0.4) is 0 Å². The predicted molar refractivity (Wildman–Crippen MR) is 70.6 cm³/mol. The number of likely N-dealkylation sites (N-methyl/N-ethyl adjacent to an activating group) is 2. The Balaban J connectivity index is 2.58. The quantitative estimate of drug-likeness (QED) is 0.696. The molecule has 0 aliphatic rings. The molecule has 0 aliphatic carbocycles. The Morgan fingerprint density at radius 3 is 2.39 bits per heavy atom. The minimum absolute atomic E-state index is 0.0118. The Kier molecular flexibility index (Phi) is 5.09. The van der Waals surface area contributed by atoms with Crippen molar-refractivity contribution < 1.29 is 9.59 Å². The molecular weight excluding hydrogens is 230 g/mol. The normalized spacial score (nSPS) is 10.7. The number of carbonyl (C=O) groups is 2. The van der Waals surface area contributed by atoms with Crippen LogP contribution in [0.25, 0.3) is 0 Å². The van der Waals surface area contributed by atoms with Crippen LogP contribution < -0.4 is 0 Å². The number of hydrogen-bond acceptors (Lipinski definition) is 3. The molecule has 100 valence electrons. The number of aryl methyl sites for hydroxylation is 1. The van der Waals surface area contributed by atoms with Crippen molar-refractivity contribution in [2.75, 3.05) is 33.7 Å². The van der Waals surface area contributed by atoms with E-state index in [0.29, 0.717) is 12.1 Å². The summed E-state index contributed by atoms with van der Waals surface area (Å²) >= 11 is 0. The number of aromatic nitrogens is 1.